The molecule has 2 aliphatic rings. The summed E-state index contributed by atoms with van der Waals surface area (Å²) in [6.07, 6.45) is 0.577. The Morgan fingerprint density at radius 2 is 1.96 bits per heavy atom. The molecule has 0 saturated heterocycles. The van der Waals surface area contributed by atoms with Crippen molar-refractivity contribution in [2.75, 3.05) is 11.4 Å². The van der Waals surface area contributed by atoms with Gasteiger partial charge in [-0.05, 0) is 41.8 Å². The molecule has 130 valence electrons. The van der Waals surface area contributed by atoms with E-state index < -0.39 is 16.1 Å². The number of hydrogen-bond acceptors (Lipinski definition) is 4. The maximum atomic E-state index is 12.9. The molecule has 0 bridgehead atoms. The van der Waals surface area contributed by atoms with Gasteiger partial charge in [-0.15, -0.1) is 0 Å². The molecule has 2 N–H and O–H groups in total. The van der Waals surface area contributed by atoms with Crippen LogP contribution in [0.3, 0.4) is 0 Å². The average molecular weight is 423 g/mol. The first-order valence-corrected chi connectivity index (χ1v) is 10.1. The number of fused-ring (bicyclic) bond motifs is 2. The van der Waals surface area contributed by atoms with E-state index >= 15 is 0 Å². The Labute approximate surface area is 153 Å². The molecule has 1 amide bonds. The summed E-state index contributed by atoms with van der Waals surface area (Å²) >= 11 is 3.39. The van der Waals surface area contributed by atoms with Gasteiger partial charge in [0.2, 0.25) is 10.0 Å². The van der Waals surface area contributed by atoms with Crippen LogP contribution in [0.1, 0.15) is 11.1 Å². The maximum Gasteiger partial charge on any atom is 0.268 e. The van der Waals surface area contributed by atoms with Crippen LogP contribution in [0.5, 0.6) is 5.75 Å². The second-order valence-electron chi connectivity index (χ2n) is 6.14. The lowest BCUT2D eigenvalue weighted by molar-refractivity contribution is -0.124. The van der Waals surface area contributed by atoms with Crippen molar-refractivity contribution < 1.29 is 17.9 Å². The van der Waals surface area contributed by atoms with E-state index in [1.54, 1.807) is 11.0 Å². The Kier molecular flexibility index (Phi) is 3.86. The van der Waals surface area contributed by atoms with E-state index in [9.17, 15) is 13.2 Å². The Balaban J connectivity index is 1.62. The van der Waals surface area contributed by atoms with Gasteiger partial charge in [0.15, 0.2) is 6.10 Å². The largest absolute Gasteiger partial charge is 0.480 e. The molecule has 6 nitrogen and oxygen atoms in total. The maximum absolute atomic E-state index is 12.9. The highest BCUT2D eigenvalue weighted by atomic mass is 79.9. The highest BCUT2D eigenvalue weighted by Gasteiger charge is 2.36. The highest BCUT2D eigenvalue weighted by Crippen LogP contribution is 2.35. The van der Waals surface area contributed by atoms with E-state index in [4.69, 9.17) is 9.88 Å². The lowest BCUT2D eigenvalue weighted by Gasteiger charge is -2.21. The zero-order valence-corrected chi connectivity index (χ0v) is 15.5. The number of carbonyl (C=O) groups excluding carboxylic acids is 1. The van der Waals surface area contributed by atoms with Crippen molar-refractivity contribution >= 4 is 37.5 Å². The highest BCUT2D eigenvalue weighted by molar-refractivity contribution is 9.10. The van der Waals surface area contributed by atoms with Gasteiger partial charge in [-0.25, -0.2) is 13.6 Å². The summed E-state index contributed by atoms with van der Waals surface area (Å²) in [5.74, 6) is 0.531. The van der Waals surface area contributed by atoms with Gasteiger partial charge in [-0.1, -0.05) is 28.1 Å². The fourth-order valence-corrected chi connectivity index (χ4v) is 4.15. The SMILES string of the molecule is NS(=O)(=O)c1ccc2c(c1)N(C(=O)C1Cc3ccc(Br)cc3O1)CC2. The molecule has 25 heavy (non-hydrogen) atoms. The zero-order valence-electron chi connectivity index (χ0n) is 13.1. The van der Waals surface area contributed by atoms with Gasteiger partial charge in [0.25, 0.3) is 5.91 Å². The number of rotatable bonds is 2. The van der Waals surface area contributed by atoms with Crippen LogP contribution in [0, 0.1) is 0 Å². The monoisotopic (exact) mass is 422 g/mol. The molecule has 1 atom stereocenters. The third kappa shape index (κ3) is 2.94. The molecular formula is C17H15BrN2O4S. The predicted molar refractivity (Wildman–Crippen MR) is 96.1 cm³/mol. The number of benzene rings is 2. The smallest absolute Gasteiger partial charge is 0.268 e. The predicted octanol–water partition coefficient (Wildman–Crippen LogP) is 1.99. The Hall–Kier alpha value is -1.90. The third-order valence-corrected chi connectivity index (χ3v) is 5.93. The Morgan fingerprint density at radius 1 is 1.20 bits per heavy atom. The third-order valence-electron chi connectivity index (χ3n) is 4.53. The van der Waals surface area contributed by atoms with Crippen LogP contribution in [-0.2, 0) is 27.7 Å². The van der Waals surface area contributed by atoms with Crippen LogP contribution < -0.4 is 14.8 Å². The summed E-state index contributed by atoms with van der Waals surface area (Å²) in [4.78, 5) is 14.5. The molecule has 4 rings (SSSR count). The van der Waals surface area contributed by atoms with Crippen molar-refractivity contribution in [1.82, 2.24) is 0 Å². The average Bonchev–Trinajstić information content (AvgIpc) is 3.16. The summed E-state index contributed by atoms with van der Waals surface area (Å²) in [6.45, 7) is 0.502. The van der Waals surface area contributed by atoms with Crippen molar-refractivity contribution in [3.8, 4) is 5.75 Å². The molecule has 1 unspecified atom stereocenters. The van der Waals surface area contributed by atoms with Gasteiger partial charge in [-0.3, -0.25) is 4.79 Å². The fourth-order valence-electron chi connectivity index (χ4n) is 3.28. The van der Waals surface area contributed by atoms with E-state index in [0.717, 1.165) is 15.6 Å². The van der Waals surface area contributed by atoms with Crippen LogP contribution >= 0.6 is 15.9 Å². The van der Waals surface area contributed by atoms with Gasteiger partial charge < -0.3 is 9.64 Å². The van der Waals surface area contributed by atoms with Crippen LogP contribution in [-0.4, -0.2) is 27.0 Å². The van der Waals surface area contributed by atoms with E-state index in [1.165, 1.54) is 12.1 Å². The minimum absolute atomic E-state index is 0.00510. The first-order valence-electron chi connectivity index (χ1n) is 7.75. The number of nitrogens with two attached hydrogens (primary N) is 1. The number of anilines is 1. The number of halogens is 1. The lowest BCUT2D eigenvalue weighted by atomic mass is 10.1. The van der Waals surface area contributed by atoms with Crippen molar-refractivity contribution in [1.29, 1.82) is 0 Å². The molecule has 8 heteroatoms. The van der Waals surface area contributed by atoms with E-state index in [0.29, 0.717) is 30.8 Å². The molecule has 0 aliphatic carbocycles. The van der Waals surface area contributed by atoms with Crippen molar-refractivity contribution in [3.63, 3.8) is 0 Å². The fraction of sp³-hybridized carbons (Fsp3) is 0.235. The van der Waals surface area contributed by atoms with Crippen molar-refractivity contribution in [2.24, 2.45) is 5.14 Å². The van der Waals surface area contributed by atoms with E-state index in [2.05, 4.69) is 15.9 Å². The van der Waals surface area contributed by atoms with Crippen LogP contribution in [0.15, 0.2) is 45.8 Å². The second-order valence-corrected chi connectivity index (χ2v) is 8.62. The van der Waals surface area contributed by atoms with E-state index in [-0.39, 0.29) is 10.8 Å². The normalized spacial score (nSPS) is 18.6. The topological polar surface area (TPSA) is 89.7 Å². The summed E-state index contributed by atoms with van der Waals surface area (Å²) in [5.41, 5.74) is 2.51. The number of primary sulfonamides is 1. The van der Waals surface area contributed by atoms with Crippen LogP contribution in [0.25, 0.3) is 0 Å². The van der Waals surface area contributed by atoms with Gasteiger partial charge in [-0.2, -0.15) is 0 Å². The molecule has 0 radical (unpaired) electrons. The lowest BCUT2D eigenvalue weighted by Crippen LogP contribution is -2.40. The molecule has 0 spiro atoms. The number of ether oxygens (including phenoxy) is 1. The number of nitrogens with zero attached hydrogens (tertiary/aromatic N) is 1. The first kappa shape index (κ1) is 16.6. The first-order chi connectivity index (χ1) is 11.8. The van der Waals surface area contributed by atoms with Crippen molar-refractivity contribution in [2.45, 2.75) is 23.8 Å². The summed E-state index contributed by atoms with van der Waals surface area (Å²) in [5, 5.41) is 5.21. The summed E-state index contributed by atoms with van der Waals surface area (Å²) in [6, 6.07) is 10.3. The minimum atomic E-state index is -3.82. The molecule has 2 aromatic rings. The zero-order chi connectivity index (χ0) is 17.8. The summed E-state index contributed by atoms with van der Waals surface area (Å²) < 4.78 is 29.9. The minimum Gasteiger partial charge on any atom is -0.480 e. The Bertz CT molecular complexity index is 990. The van der Waals surface area contributed by atoms with Gasteiger partial charge in [0.1, 0.15) is 5.75 Å². The molecule has 0 saturated carbocycles. The molecule has 2 heterocycles. The Morgan fingerprint density at radius 3 is 2.72 bits per heavy atom. The number of amides is 1. The number of sulfonamides is 1. The quantitative estimate of drug-likeness (QED) is 0.800. The molecule has 2 aromatic carbocycles. The standard InChI is InChI=1S/C17H15BrN2O4S/c18-12-3-1-11-7-16(24-15(11)8-12)17(21)20-6-5-10-2-4-13(9-14(10)20)25(19,22)23/h1-4,8-9,16H,5-7H2,(H2,19,22,23). The molecular weight excluding hydrogens is 408 g/mol. The van der Waals surface area contributed by atoms with E-state index in [1.807, 2.05) is 18.2 Å². The van der Waals surface area contributed by atoms with Gasteiger partial charge in [0.05, 0.1) is 4.90 Å². The summed E-state index contributed by atoms with van der Waals surface area (Å²) in [7, 11) is -3.82. The van der Waals surface area contributed by atoms with Crippen LogP contribution in [0.2, 0.25) is 0 Å². The number of carbonyl (C=O) groups is 1. The second kappa shape index (κ2) is 5.82. The van der Waals surface area contributed by atoms with Gasteiger partial charge >= 0.3 is 0 Å². The molecule has 0 aromatic heterocycles. The molecule has 0 fully saturated rings. The van der Waals surface area contributed by atoms with Crippen LogP contribution in [0.4, 0.5) is 5.69 Å². The van der Waals surface area contributed by atoms with Gasteiger partial charge in [0, 0.05) is 23.1 Å². The number of hydrogen-bond donors (Lipinski definition) is 1. The van der Waals surface area contributed by atoms with Crippen molar-refractivity contribution in [3.05, 3.63) is 52.0 Å². The molecule has 2 aliphatic heterocycles.